The van der Waals surface area contributed by atoms with Crippen LogP contribution in [0.25, 0.3) is 0 Å². The first-order valence-corrected chi connectivity index (χ1v) is 5.54. The summed E-state index contributed by atoms with van der Waals surface area (Å²) in [6.07, 6.45) is 4.96. The van der Waals surface area contributed by atoms with Gasteiger partial charge in [0, 0.05) is 31.0 Å². The quantitative estimate of drug-likeness (QED) is 0.796. The van der Waals surface area contributed by atoms with Crippen molar-refractivity contribution in [3.05, 3.63) is 59.9 Å². The molecule has 0 amide bonds. The number of pyridine rings is 1. The molecule has 3 heteroatoms. The number of carbonyl (C=O) groups excluding carboxylic acids is 1. The van der Waals surface area contributed by atoms with Gasteiger partial charge in [-0.25, -0.2) is 0 Å². The van der Waals surface area contributed by atoms with E-state index in [0.29, 0.717) is 6.42 Å². The molecule has 0 aliphatic heterocycles. The van der Waals surface area contributed by atoms with E-state index in [4.69, 9.17) is 0 Å². The Morgan fingerprint density at radius 2 is 1.71 bits per heavy atom. The average Bonchev–Trinajstić information content (AvgIpc) is 2.40. The zero-order valence-electron chi connectivity index (χ0n) is 9.47. The molecule has 0 saturated carbocycles. The molecule has 3 nitrogen and oxygen atoms in total. The molecular weight excluding hydrogens is 212 g/mol. The summed E-state index contributed by atoms with van der Waals surface area (Å²) in [6.45, 7) is 0.773. The summed E-state index contributed by atoms with van der Waals surface area (Å²) in [5, 5.41) is 3.31. The van der Waals surface area contributed by atoms with E-state index in [1.165, 1.54) is 5.56 Å². The first-order chi connectivity index (χ1) is 8.38. The molecule has 0 aliphatic rings. The first kappa shape index (κ1) is 11.3. The normalized spacial score (nSPS) is 9.88. The van der Waals surface area contributed by atoms with E-state index < -0.39 is 0 Å². The van der Waals surface area contributed by atoms with Gasteiger partial charge < -0.3 is 10.1 Å². The molecule has 0 bridgehead atoms. The van der Waals surface area contributed by atoms with Gasteiger partial charge in [-0.3, -0.25) is 4.98 Å². The van der Waals surface area contributed by atoms with Crippen LogP contribution < -0.4 is 5.32 Å². The molecule has 0 saturated heterocycles. The average molecular weight is 226 g/mol. The number of benzene rings is 1. The Labute approximate surface area is 101 Å². The van der Waals surface area contributed by atoms with Gasteiger partial charge in [0.2, 0.25) is 0 Å². The molecule has 0 radical (unpaired) electrons. The van der Waals surface area contributed by atoms with Crippen LogP contribution in [-0.2, 0) is 17.8 Å². The molecule has 0 aliphatic carbocycles. The topological polar surface area (TPSA) is 42.0 Å². The molecule has 1 aromatic heterocycles. The molecule has 2 aromatic rings. The zero-order chi connectivity index (χ0) is 11.9. The summed E-state index contributed by atoms with van der Waals surface area (Å²) < 4.78 is 0. The van der Waals surface area contributed by atoms with Crippen molar-refractivity contribution in [1.29, 1.82) is 0 Å². The van der Waals surface area contributed by atoms with Gasteiger partial charge in [-0.2, -0.15) is 0 Å². The number of aldehydes is 1. The molecule has 0 atom stereocenters. The Hall–Kier alpha value is -2.16. The van der Waals surface area contributed by atoms with Crippen LogP contribution in [-0.4, -0.2) is 11.3 Å². The second-order valence-corrected chi connectivity index (χ2v) is 3.78. The number of nitrogens with zero attached hydrogens (tertiary/aromatic N) is 1. The third-order valence-corrected chi connectivity index (χ3v) is 2.52. The molecular formula is C14H14N2O. The SMILES string of the molecule is O=CCc1ccc(NCc2ccncc2)cc1. The Morgan fingerprint density at radius 1 is 1.00 bits per heavy atom. The fourth-order valence-corrected chi connectivity index (χ4v) is 1.56. The Bertz CT molecular complexity index is 465. The molecule has 0 fully saturated rings. The number of carbonyl (C=O) groups is 1. The summed E-state index contributed by atoms with van der Waals surface area (Å²) in [6, 6.07) is 11.9. The monoisotopic (exact) mass is 226 g/mol. The van der Waals surface area contributed by atoms with Gasteiger partial charge in [0.15, 0.2) is 0 Å². The van der Waals surface area contributed by atoms with Crippen molar-refractivity contribution in [1.82, 2.24) is 4.98 Å². The number of hydrogen-bond donors (Lipinski definition) is 1. The zero-order valence-corrected chi connectivity index (χ0v) is 9.47. The van der Waals surface area contributed by atoms with E-state index >= 15 is 0 Å². The third-order valence-electron chi connectivity index (χ3n) is 2.52. The van der Waals surface area contributed by atoms with Gasteiger partial charge in [-0.05, 0) is 35.4 Å². The van der Waals surface area contributed by atoms with E-state index in [0.717, 1.165) is 24.1 Å². The summed E-state index contributed by atoms with van der Waals surface area (Å²) in [4.78, 5) is 14.3. The number of anilines is 1. The van der Waals surface area contributed by atoms with Crippen molar-refractivity contribution in [3.63, 3.8) is 0 Å². The smallest absolute Gasteiger partial charge is 0.124 e. The molecule has 17 heavy (non-hydrogen) atoms. The van der Waals surface area contributed by atoms with Crippen LogP contribution in [0.4, 0.5) is 5.69 Å². The second kappa shape index (κ2) is 5.80. The fraction of sp³-hybridized carbons (Fsp3) is 0.143. The highest BCUT2D eigenvalue weighted by Crippen LogP contribution is 2.11. The molecule has 1 N–H and O–H groups in total. The number of nitrogens with one attached hydrogen (secondary N) is 1. The Balaban J connectivity index is 1.93. The lowest BCUT2D eigenvalue weighted by Gasteiger charge is -2.06. The van der Waals surface area contributed by atoms with Crippen molar-refractivity contribution >= 4 is 12.0 Å². The number of rotatable bonds is 5. The minimum Gasteiger partial charge on any atom is -0.381 e. The van der Waals surface area contributed by atoms with Gasteiger partial charge in [0.05, 0.1) is 0 Å². The van der Waals surface area contributed by atoms with Crippen LogP contribution in [0, 0.1) is 0 Å². The summed E-state index contributed by atoms with van der Waals surface area (Å²) in [5.41, 5.74) is 3.28. The van der Waals surface area contributed by atoms with Crippen LogP contribution in [0.3, 0.4) is 0 Å². The maximum atomic E-state index is 10.3. The predicted octanol–water partition coefficient (Wildman–Crippen LogP) is 2.44. The first-order valence-electron chi connectivity index (χ1n) is 5.54. The van der Waals surface area contributed by atoms with Gasteiger partial charge in [0.1, 0.15) is 6.29 Å². The lowest BCUT2D eigenvalue weighted by Crippen LogP contribution is -1.99. The van der Waals surface area contributed by atoms with Gasteiger partial charge >= 0.3 is 0 Å². The van der Waals surface area contributed by atoms with Crippen LogP contribution in [0.2, 0.25) is 0 Å². The van der Waals surface area contributed by atoms with E-state index in [1.54, 1.807) is 12.4 Å². The Kier molecular flexibility index (Phi) is 3.86. The van der Waals surface area contributed by atoms with Crippen LogP contribution in [0.5, 0.6) is 0 Å². The molecule has 1 aromatic carbocycles. The largest absolute Gasteiger partial charge is 0.381 e. The van der Waals surface area contributed by atoms with Crippen LogP contribution >= 0.6 is 0 Å². The molecule has 0 unspecified atom stereocenters. The standard InChI is InChI=1S/C14H14N2O/c17-10-7-12-1-3-14(4-2-12)16-11-13-5-8-15-9-6-13/h1-6,8-10,16H,7,11H2. The highest BCUT2D eigenvalue weighted by atomic mass is 16.1. The van der Waals surface area contributed by atoms with Crippen molar-refractivity contribution < 1.29 is 4.79 Å². The highest BCUT2D eigenvalue weighted by molar-refractivity contribution is 5.56. The molecule has 1 heterocycles. The van der Waals surface area contributed by atoms with Crippen LogP contribution in [0.15, 0.2) is 48.8 Å². The summed E-state index contributed by atoms with van der Waals surface area (Å²) in [5.74, 6) is 0. The van der Waals surface area contributed by atoms with Gasteiger partial charge in [-0.1, -0.05) is 12.1 Å². The van der Waals surface area contributed by atoms with Gasteiger partial charge in [0.25, 0.3) is 0 Å². The van der Waals surface area contributed by atoms with E-state index in [1.807, 2.05) is 36.4 Å². The minimum absolute atomic E-state index is 0.477. The summed E-state index contributed by atoms with van der Waals surface area (Å²) >= 11 is 0. The van der Waals surface area contributed by atoms with Crippen LogP contribution in [0.1, 0.15) is 11.1 Å². The minimum atomic E-state index is 0.477. The maximum absolute atomic E-state index is 10.3. The van der Waals surface area contributed by atoms with Crippen molar-refractivity contribution in [2.24, 2.45) is 0 Å². The number of aromatic nitrogens is 1. The van der Waals surface area contributed by atoms with E-state index in [-0.39, 0.29) is 0 Å². The van der Waals surface area contributed by atoms with E-state index in [9.17, 15) is 4.79 Å². The summed E-state index contributed by atoms with van der Waals surface area (Å²) in [7, 11) is 0. The Morgan fingerprint density at radius 3 is 2.35 bits per heavy atom. The van der Waals surface area contributed by atoms with Crippen molar-refractivity contribution in [2.45, 2.75) is 13.0 Å². The highest BCUT2D eigenvalue weighted by Gasteiger charge is 1.95. The lowest BCUT2D eigenvalue weighted by molar-refractivity contribution is -0.107. The molecule has 2 rings (SSSR count). The van der Waals surface area contributed by atoms with Crippen molar-refractivity contribution in [3.8, 4) is 0 Å². The van der Waals surface area contributed by atoms with E-state index in [2.05, 4.69) is 10.3 Å². The van der Waals surface area contributed by atoms with Gasteiger partial charge in [-0.15, -0.1) is 0 Å². The lowest BCUT2D eigenvalue weighted by atomic mass is 10.1. The molecule has 86 valence electrons. The third kappa shape index (κ3) is 3.41. The maximum Gasteiger partial charge on any atom is 0.124 e. The predicted molar refractivity (Wildman–Crippen MR) is 67.8 cm³/mol. The van der Waals surface area contributed by atoms with Crippen molar-refractivity contribution in [2.75, 3.05) is 5.32 Å². The second-order valence-electron chi connectivity index (χ2n) is 3.78. The number of hydrogen-bond acceptors (Lipinski definition) is 3. The molecule has 0 spiro atoms. The fourth-order valence-electron chi connectivity index (χ4n) is 1.56.